The van der Waals surface area contributed by atoms with E-state index >= 15 is 0 Å². The number of nitrogens with two attached hydrogens (primary N) is 2. The predicted molar refractivity (Wildman–Crippen MR) is 60.4 cm³/mol. The molecule has 1 rings (SSSR count). The number of thiazole rings is 1. The van der Waals surface area contributed by atoms with Crippen LogP contribution < -0.4 is 11.5 Å². The molecule has 1 aromatic heterocycles. The zero-order valence-electron chi connectivity index (χ0n) is 8.91. The van der Waals surface area contributed by atoms with Gasteiger partial charge in [-0.05, 0) is 0 Å². The van der Waals surface area contributed by atoms with Crippen molar-refractivity contribution in [1.82, 2.24) is 4.98 Å². The first kappa shape index (κ1) is 13.6. The Morgan fingerprint density at radius 1 is 1.47 bits per heavy atom. The zero-order chi connectivity index (χ0) is 12.8. The minimum atomic E-state index is -1.23. The second-order valence-electron chi connectivity index (χ2n) is 3.37. The van der Waals surface area contributed by atoms with Gasteiger partial charge in [0.25, 0.3) is 0 Å². The third kappa shape index (κ3) is 4.47. The molecule has 17 heavy (non-hydrogen) atoms. The van der Waals surface area contributed by atoms with Gasteiger partial charge in [-0.15, -0.1) is 11.3 Å². The smallest absolute Gasteiger partial charge is 0.324 e. The summed E-state index contributed by atoms with van der Waals surface area (Å²) in [5.74, 6) is -1.92. The summed E-state index contributed by atoms with van der Waals surface area (Å²) in [6.45, 7) is -0.390. The first-order chi connectivity index (χ1) is 8.00. The highest BCUT2D eigenvalue weighted by Crippen LogP contribution is 2.04. The van der Waals surface area contributed by atoms with Crippen LogP contribution in [0.4, 0.5) is 0 Å². The van der Waals surface area contributed by atoms with Crippen molar-refractivity contribution in [3.8, 4) is 0 Å². The highest BCUT2D eigenvalue weighted by molar-refractivity contribution is 7.07. The van der Waals surface area contributed by atoms with Gasteiger partial charge in [0.05, 0.1) is 11.2 Å². The number of ether oxygens (including phenoxy) is 1. The van der Waals surface area contributed by atoms with Gasteiger partial charge in [0.1, 0.15) is 18.7 Å². The maximum absolute atomic E-state index is 11.4. The van der Waals surface area contributed by atoms with Gasteiger partial charge in [-0.2, -0.15) is 0 Å². The number of carboxylic acids is 1. The molecule has 0 bridgehead atoms. The lowest BCUT2D eigenvalue weighted by atomic mass is 10.2. The van der Waals surface area contributed by atoms with Crippen LogP contribution in [0.5, 0.6) is 0 Å². The number of aliphatic carboxylic acids is 1. The summed E-state index contributed by atoms with van der Waals surface area (Å²) < 4.78 is 4.68. The van der Waals surface area contributed by atoms with E-state index in [2.05, 4.69) is 9.72 Å². The van der Waals surface area contributed by atoms with Gasteiger partial charge in [0, 0.05) is 11.8 Å². The Kier molecular flexibility index (Phi) is 5.01. The van der Waals surface area contributed by atoms with Crippen LogP contribution in [0, 0.1) is 0 Å². The Morgan fingerprint density at radius 3 is 2.71 bits per heavy atom. The molecule has 1 heterocycles. The maximum Gasteiger partial charge on any atom is 0.324 e. The lowest BCUT2D eigenvalue weighted by Crippen LogP contribution is -2.40. The van der Waals surface area contributed by atoms with E-state index in [1.165, 1.54) is 11.3 Å². The van der Waals surface area contributed by atoms with Crippen LogP contribution in [0.1, 0.15) is 5.69 Å². The average Bonchev–Trinajstić information content (AvgIpc) is 2.77. The van der Waals surface area contributed by atoms with Gasteiger partial charge in [-0.3, -0.25) is 9.59 Å². The Hall–Kier alpha value is -1.51. The number of hydrogen-bond acceptors (Lipinski definition) is 7. The third-order valence-electron chi connectivity index (χ3n) is 1.94. The number of esters is 1. The van der Waals surface area contributed by atoms with Crippen molar-refractivity contribution in [2.75, 3.05) is 6.61 Å². The molecule has 1 aromatic rings. The SMILES string of the molecule is N[C@@H](COC(=O)[C@@H](N)Cc1cscn1)C(=O)O. The molecule has 0 spiro atoms. The Bertz CT molecular complexity index is 382. The summed E-state index contributed by atoms with van der Waals surface area (Å²) in [5.41, 5.74) is 13.1. The average molecular weight is 259 g/mol. The second kappa shape index (κ2) is 6.28. The maximum atomic E-state index is 11.4. The minimum Gasteiger partial charge on any atom is -0.480 e. The summed E-state index contributed by atoms with van der Waals surface area (Å²) >= 11 is 1.40. The van der Waals surface area contributed by atoms with Crippen LogP contribution in [0.2, 0.25) is 0 Å². The topological polar surface area (TPSA) is 129 Å². The van der Waals surface area contributed by atoms with E-state index in [1.807, 2.05) is 0 Å². The molecule has 0 aliphatic heterocycles. The predicted octanol–water partition coefficient (Wildman–Crippen LogP) is -1.03. The van der Waals surface area contributed by atoms with E-state index in [0.29, 0.717) is 5.69 Å². The fourth-order valence-electron chi connectivity index (χ4n) is 0.997. The molecule has 0 radical (unpaired) electrons. The Balaban J connectivity index is 2.34. The van der Waals surface area contributed by atoms with Crippen molar-refractivity contribution in [2.45, 2.75) is 18.5 Å². The van der Waals surface area contributed by atoms with Crippen LogP contribution in [0.25, 0.3) is 0 Å². The van der Waals surface area contributed by atoms with E-state index in [0.717, 1.165) is 0 Å². The van der Waals surface area contributed by atoms with E-state index in [9.17, 15) is 9.59 Å². The van der Waals surface area contributed by atoms with Crippen LogP contribution in [-0.4, -0.2) is 40.7 Å². The fourth-order valence-corrected chi connectivity index (χ4v) is 1.57. The molecule has 0 fully saturated rings. The fraction of sp³-hybridized carbons (Fsp3) is 0.444. The molecule has 0 amide bonds. The number of rotatable bonds is 6. The molecule has 2 atom stereocenters. The van der Waals surface area contributed by atoms with Crippen molar-refractivity contribution in [2.24, 2.45) is 11.5 Å². The van der Waals surface area contributed by atoms with E-state index in [4.69, 9.17) is 16.6 Å². The van der Waals surface area contributed by atoms with Gasteiger partial charge in [-0.1, -0.05) is 0 Å². The quantitative estimate of drug-likeness (QED) is 0.557. The lowest BCUT2D eigenvalue weighted by Gasteiger charge is -2.12. The lowest BCUT2D eigenvalue weighted by molar-refractivity contribution is -0.149. The van der Waals surface area contributed by atoms with Crippen molar-refractivity contribution in [1.29, 1.82) is 0 Å². The molecule has 0 saturated carbocycles. The molecule has 0 aliphatic carbocycles. The molecule has 7 nitrogen and oxygen atoms in total. The van der Waals surface area contributed by atoms with Gasteiger partial charge in [0.15, 0.2) is 0 Å². The van der Waals surface area contributed by atoms with Gasteiger partial charge < -0.3 is 21.3 Å². The summed E-state index contributed by atoms with van der Waals surface area (Å²) in [6.07, 6.45) is 0.255. The standard InChI is InChI=1S/C9H13N3O4S/c10-6(1-5-3-17-4-12-5)9(15)16-2-7(11)8(13)14/h3-4,6-7H,1-2,10-11H2,(H,13,14)/t6-,7-/m0/s1. The summed E-state index contributed by atoms with van der Waals surface area (Å²) in [5, 5.41) is 10.3. The Labute approximate surface area is 101 Å². The molecule has 5 N–H and O–H groups in total. The highest BCUT2D eigenvalue weighted by Gasteiger charge is 2.19. The largest absolute Gasteiger partial charge is 0.480 e. The number of carbonyl (C=O) groups excluding carboxylic acids is 1. The summed E-state index contributed by atoms with van der Waals surface area (Å²) in [4.78, 5) is 25.7. The molecule has 8 heteroatoms. The number of carbonyl (C=O) groups is 2. The first-order valence-corrected chi connectivity index (χ1v) is 5.72. The minimum absolute atomic E-state index is 0.255. The number of hydrogen-bond donors (Lipinski definition) is 3. The van der Waals surface area contributed by atoms with E-state index in [1.54, 1.807) is 10.9 Å². The van der Waals surface area contributed by atoms with Crippen LogP contribution in [-0.2, 0) is 20.7 Å². The van der Waals surface area contributed by atoms with Crippen molar-refractivity contribution in [3.63, 3.8) is 0 Å². The van der Waals surface area contributed by atoms with Gasteiger partial charge >= 0.3 is 11.9 Å². The normalized spacial score (nSPS) is 14.0. The van der Waals surface area contributed by atoms with E-state index < -0.39 is 24.0 Å². The highest BCUT2D eigenvalue weighted by atomic mass is 32.1. The molecule has 94 valence electrons. The van der Waals surface area contributed by atoms with Crippen molar-refractivity contribution >= 4 is 23.3 Å². The second-order valence-corrected chi connectivity index (χ2v) is 4.08. The van der Waals surface area contributed by atoms with Crippen molar-refractivity contribution in [3.05, 3.63) is 16.6 Å². The van der Waals surface area contributed by atoms with Crippen LogP contribution >= 0.6 is 11.3 Å². The first-order valence-electron chi connectivity index (χ1n) is 4.78. The third-order valence-corrected chi connectivity index (χ3v) is 2.57. The van der Waals surface area contributed by atoms with Crippen LogP contribution in [0.15, 0.2) is 10.9 Å². The van der Waals surface area contributed by atoms with Crippen LogP contribution in [0.3, 0.4) is 0 Å². The molecule has 0 aromatic carbocycles. The molecular formula is C9H13N3O4S. The van der Waals surface area contributed by atoms with Crippen molar-refractivity contribution < 1.29 is 19.4 Å². The number of carboxylic acid groups (broad SMARTS) is 1. The summed E-state index contributed by atoms with van der Waals surface area (Å²) in [6, 6.07) is -2.09. The molecule has 0 aliphatic rings. The molecular weight excluding hydrogens is 246 g/mol. The monoisotopic (exact) mass is 259 g/mol. The number of aromatic nitrogens is 1. The summed E-state index contributed by atoms with van der Waals surface area (Å²) in [7, 11) is 0. The van der Waals surface area contributed by atoms with Gasteiger partial charge in [-0.25, -0.2) is 4.98 Å². The molecule has 0 saturated heterocycles. The zero-order valence-corrected chi connectivity index (χ0v) is 9.72. The van der Waals surface area contributed by atoms with E-state index in [-0.39, 0.29) is 13.0 Å². The van der Waals surface area contributed by atoms with Gasteiger partial charge in [0.2, 0.25) is 0 Å². The number of nitrogens with zero attached hydrogens (tertiary/aromatic N) is 1. The Morgan fingerprint density at radius 2 is 2.18 bits per heavy atom. The molecule has 0 unspecified atom stereocenters.